The third kappa shape index (κ3) is 5.23. The second-order valence-electron chi connectivity index (χ2n) is 6.81. The predicted octanol–water partition coefficient (Wildman–Crippen LogP) is 2.77. The second-order valence-corrected chi connectivity index (χ2v) is 8.71. The van der Waals surface area contributed by atoms with Gasteiger partial charge in [0.2, 0.25) is 15.9 Å². The van der Waals surface area contributed by atoms with Crippen molar-refractivity contribution in [3.05, 3.63) is 29.3 Å². The summed E-state index contributed by atoms with van der Waals surface area (Å²) in [6, 6.07) is 5.73. The number of rotatable bonds is 6. The lowest BCUT2D eigenvalue weighted by atomic mass is 9.89. The Morgan fingerprint density at radius 1 is 1.12 bits per heavy atom. The fourth-order valence-electron chi connectivity index (χ4n) is 3.37. The number of benzene rings is 1. The topological polar surface area (TPSA) is 66.5 Å². The van der Waals surface area contributed by atoms with Gasteiger partial charge in [-0.25, -0.2) is 8.42 Å². The Balaban J connectivity index is 2.01. The van der Waals surface area contributed by atoms with Crippen molar-refractivity contribution in [2.45, 2.75) is 46.0 Å². The van der Waals surface area contributed by atoms with Crippen molar-refractivity contribution in [3.63, 3.8) is 0 Å². The molecule has 1 aromatic carbocycles. The maximum absolute atomic E-state index is 12.2. The first-order chi connectivity index (χ1) is 11.3. The summed E-state index contributed by atoms with van der Waals surface area (Å²) in [5.74, 6) is 0.148. The van der Waals surface area contributed by atoms with E-state index in [2.05, 4.69) is 5.32 Å². The monoisotopic (exact) mass is 352 g/mol. The van der Waals surface area contributed by atoms with E-state index in [1.54, 1.807) is 0 Å². The molecule has 1 aliphatic carbocycles. The average Bonchev–Trinajstić information content (AvgIpc) is 2.50. The highest BCUT2D eigenvalue weighted by molar-refractivity contribution is 7.92. The number of hydrogen-bond donors (Lipinski definition) is 1. The van der Waals surface area contributed by atoms with Crippen LogP contribution in [0.25, 0.3) is 0 Å². The largest absolute Gasteiger partial charge is 0.354 e. The first kappa shape index (κ1) is 18.8. The molecule has 0 aromatic heterocycles. The highest BCUT2D eigenvalue weighted by atomic mass is 32.2. The minimum atomic E-state index is -3.39. The van der Waals surface area contributed by atoms with Gasteiger partial charge in [-0.3, -0.25) is 9.10 Å². The van der Waals surface area contributed by atoms with Gasteiger partial charge in [0, 0.05) is 12.5 Å². The van der Waals surface area contributed by atoms with Crippen molar-refractivity contribution >= 4 is 21.6 Å². The van der Waals surface area contributed by atoms with E-state index in [1.165, 1.54) is 17.0 Å². The SMILES string of the molecule is Cc1cc(C)cc(N(CCNC(=O)C2CCCCC2)S(C)(=O)=O)c1. The fourth-order valence-corrected chi connectivity index (χ4v) is 4.28. The summed E-state index contributed by atoms with van der Waals surface area (Å²) in [6.45, 7) is 4.47. The number of nitrogens with one attached hydrogen (secondary N) is 1. The molecule has 1 aromatic rings. The minimum absolute atomic E-state index is 0.0589. The zero-order valence-electron chi connectivity index (χ0n) is 14.8. The third-order valence-electron chi connectivity index (χ3n) is 4.48. The number of carbonyl (C=O) groups is 1. The molecule has 0 heterocycles. The number of aryl methyl sites for hydroxylation is 2. The molecule has 0 saturated heterocycles. The summed E-state index contributed by atoms with van der Waals surface area (Å²) in [4.78, 5) is 12.2. The molecule has 1 fully saturated rings. The Labute approximate surface area is 145 Å². The minimum Gasteiger partial charge on any atom is -0.354 e. The number of anilines is 1. The van der Waals surface area contributed by atoms with Gasteiger partial charge < -0.3 is 5.32 Å². The Kier molecular flexibility index (Phi) is 6.27. The summed E-state index contributed by atoms with van der Waals surface area (Å²) in [5, 5.41) is 2.91. The van der Waals surface area contributed by atoms with Crippen LogP contribution in [0.15, 0.2) is 18.2 Å². The quantitative estimate of drug-likeness (QED) is 0.856. The molecule has 134 valence electrons. The molecule has 0 spiro atoms. The van der Waals surface area contributed by atoms with Gasteiger partial charge in [0.05, 0.1) is 18.5 Å². The molecule has 1 saturated carbocycles. The molecule has 1 amide bonds. The molecule has 1 N–H and O–H groups in total. The van der Waals surface area contributed by atoms with Crippen LogP contribution in [-0.4, -0.2) is 33.7 Å². The molecule has 5 nitrogen and oxygen atoms in total. The molecule has 6 heteroatoms. The number of carbonyl (C=O) groups excluding carboxylic acids is 1. The molecule has 0 atom stereocenters. The van der Waals surface area contributed by atoms with Crippen LogP contribution in [0.3, 0.4) is 0 Å². The van der Waals surface area contributed by atoms with Gasteiger partial charge in [-0.1, -0.05) is 25.3 Å². The number of sulfonamides is 1. The van der Waals surface area contributed by atoms with E-state index in [0.29, 0.717) is 12.2 Å². The molecule has 2 rings (SSSR count). The van der Waals surface area contributed by atoms with Crippen LogP contribution in [0.1, 0.15) is 43.2 Å². The number of amides is 1. The summed E-state index contributed by atoms with van der Waals surface area (Å²) in [6.07, 6.45) is 6.51. The summed E-state index contributed by atoms with van der Waals surface area (Å²) in [7, 11) is -3.39. The highest BCUT2D eigenvalue weighted by Gasteiger charge is 2.22. The van der Waals surface area contributed by atoms with Crippen LogP contribution >= 0.6 is 0 Å². The maximum atomic E-state index is 12.2. The molecule has 0 aliphatic heterocycles. The summed E-state index contributed by atoms with van der Waals surface area (Å²) < 4.78 is 25.7. The maximum Gasteiger partial charge on any atom is 0.232 e. The van der Waals surface area contributed by atoms with Crippen molar-refractivity contribution in [1.29, 1.82) is 0 Å². The fraction of sp³-hybridized carbons (Fsp3) is 0.611. The molecular weight excluding hydrogens is 324 g/mol. The lowest BCUT2D eigenvalue weighted by Crippen LogP contribution is -2.40. The molecule has 0 unspecified atom stereocenters. The molecule has 0 radical (unpaired) electrons. The highest BCUT2D eigenvalue weighted by Crippen LogP contribution is 2.24. The Morgan fingerprint density at radius 2 is 1.71 bits per heavy atom. The van der Waals surface area contributed by atoms with Crippen LogP contribution in [0, 0.1) is 19.8 Å². The predicted molar refractivity (Wildman–Crippen MR) is 97.7 cm³/mol. The molecule has 0 bridgehead atoms. The van der Waals surface area contributed by atoms with E-state index in [0.717, 1.165) is 36.8 Å². The van der Waals surface area contributed by atoms with Crippen LogP contribution in [0.2, 0.25) is 0 Å². The van der Waals surface area contributed by atoms with Crippen molar-refractivity contribution in [2.75, 3.05) is 23.7 Å². The van der Waals surface area contributed by atoms with Crippen LogP contribution in [0.4, 0.5) is 5.69 Å². The Morgan fingerprint density at radius 3 is 2.25 bits per heavy atom. The van der Waals surface area contributed by atoms with Gasteiger partial charge in [-0.15, -0.1) is 0 Å². The van der Waals surface area contributed by atoms with Crippen molar-refractivity contribution in [3.8, 4) is 0 Å². The second kappa shape index (κ2) is 8.01. The van der Waals surface area contributed by atoms with Gasteiger partial charge >= 0.3 is 0 Å². The number of nitrogens with zero attached hydrogens (tertiary/aromatic N) is 1. The van der Waals surface area contributed by atoms with Gasteiger partial charge in [0.15, 0.2) is 0 Å². The van der Waals surface area contributed by atoms with E-state index in [9.17, 15) is 13.2 Å². The summed E-state index contributed by atoms with van der Waals surface area (Å²) in [5.41, 5.74) is 2.69. The van der Waals surface area contributed by atoms with E-state index in [1.807, 2.05) is 32.0 Å². The zero-order chi connectivity index (χ0) is 17.7. The Hall–Kier alpha value is -1.56. The first-order valence-corrected chi connectivity index (χ1v) is 10.5. The third-order valence-corrected chi connectivity index (χ3v) is 5.68. The molecule has 1 aliphatic rings. The molecule has 24 heavy (non-hydrogen) atoms. The average molecular weight is 353 g/mol. The first-order valence-electron chi connectivity index (χ1n) is 8.61. The van der Waals surface area contributed by atoms with Crippen LogP contribution in [-0.2, 0) is 14.8 Å². The van der Waals surface area contributed by atoms with Gasteiger partial charge in [0.1, 0.15) is 0 Å². The van der Waals surface area contributed by atoms with Crippen molar-refractivity contribution in [2.24, 2.45) is 5.92 Å². The Bertz CT molecular complexity index is 659. The van der Waals surface area contributed by atoms with Gasteiger partial charge in [-0.05, 0) is 49.9 Å². The van der Waals surface area contributed by atoms with E-state index in [-0.39, 0.29) is 18.4 Å². The van der Waals surface area contributed by atoms with E-state index < -0.39 is 10.0 Å². The van der Waals surface area contributed by atoms with Crippen molar-refractivity contribution < 1.29 is 13.2 Å². The molecular formula is C18H28N2O3S. The standard InChI is InChI=1S/C18H28N2O3S/c1-14-11-15(2)13-17(12-14)20(24(3,22)23)10-9-19-18(21)16-7-5-4-6-8-16/h11-13,16H,4-10H2,1-3H3,(H,19,21). The van der Waals surface area contributed by atoms with Crippen LogP contribution in [0.5, 0.6) is 0 Å². The van der Waals surface area contributed by atoms with Gasteiger partial charge in [0.25, 0.3) is 0 Å². The van der Waals surface area contributed by atoms with E-state index >= 15 is 0 Å². The van der Waals surface area contributed by atoms with Gasteiger partial charge in [-0.2, -0.15) is 0 Å². The normalized spacial score (nSPS) is 16.0. The van der Waals surface area contributed by atoms with E-state index in [4.69, 9.17) is 0 Å². The summed E-state index contributed by atoms with van der Waals surface area (Å²) >= 11 is 0. The lowest BCUT2D eigenvalue weighted by molar-refractivity contribution is -0.125. The zero-order valence-corrected chi connectivity index (χ0v) is 15.7. The lowest BCUT2D eigenvalue weighted by Gasteiger charge is -2.25. The smallest absolute Gasteiger partial charge is 0.232 e. The van der Waals surface area contributed by atoms with Crippen molar-refractivity contribution in [1.82, 2.24) is 5.32 Å². The van der Waals surface area contributed by atoms with Crippen LogP contribution < -0.4 is 9.62 Å². The number of hydrogen-bond acceptors (Lipinski definition) is 3.